The number of carbonyl (C=O) groups is 2. The third-order valence-electron chi connectivity index (χ3n) is 5.56. The molecule has 1 N–H and O–H groups in total. The number of esters is 1. The van der Waals surface area contributed by atoms with Gasteiger partial charge in [-0.25, -0.2) is 4.98 Å². The van der Waals surface area contributed by atoms with Crippen molar-refractivity contribution in [3.63, 3.8) is 0 Å². The molecule has 5 aromatic rings. The summed E-state index contributed by atoms with van der Waals surface area (Å²) in [5.74, 6) is 1.56. The van der Waals surface area contributed by atoms with E-state index in [1.807, 2.05) is 59.2 Å². The largest absolute Gasteiger partial charge is 0.485 e. The van der Waals surface area contributed by atoms with Gasteiger partial charge in [0.05, 0.1) is 37.3 Å². The molecule has 0 radical (unpaired) electrons. The van der Waals surface area contributed by atoms with Crippen LogP contribution in [0.5, 0.6) is 5.75 Å². The van der Waals surface area contributed by atoms with Crippen LogP contribution in [-0.4, -0.2) is 44.0 Å². The number of thioether (sulfide) groups is 1. The number of hydrogen-bond acceptors (Lipinski definition) is 10. The van der Waals surface area contributed by atoms with Gasteiger partial charge in [0.25, 0.3) is 0 Å². The van der Waals surface area contributed by atoms with Crippen molar-refractivity contribution in [1.29, 1.82) is 0 Å². The molecule has 0 aliphatic rings. The Morgan fingerprint density at radius 1 is 1.10 bits per heavy atom. The second-order valence-electron chi connectivity index (χ2n) is 8.29. The van der Waals surface area contributed by atoms with Crippen LogP contribution in [0.2, 0.25) is 0 Å². The minimum atomic E-state index is -0.354. The van der Waals surface area contributed by atoms with E-state index in [0.29, 0.717) is 35.0 Å². The predicted molar refractivity (Wildman–Crippen MR) is 148 cm³/mol. The number of furan rings is 1. The number of amides is 1. The zero-order valence-corrected chi connectivity index (χ0v) is 22.7. The molecule has 0 spiro atoms. The van der Waals surface area contributed by atoms with Crippen LogP contribution in [0.3, 0.4) is 0 Å². The Labute approximate surface area is 232 Å². The van der Waals surface area contributed by atoms with Crippen molar-refractivity contribution < 1.29 is 23.5 Å². The number of hydrogen-bond donors (Lipinski definition) is 1. The van der Waals surface area contributed by atoms with Crippen molar-refractivity contribution in [1.82, 2.24) is 19.7 Å². The molecule has 39 heavy (non-hydrogen) atoms. The molecule has 12 heteroatoms. The van der Waals surface area contributed by atoms with Crippen molar-refractivity contribution in [2.45, 2.75) is 31.7 Å². The van der Waals surface area contributed by atoms with Gasteiger partial charge in [-0.2, -0.15) is 0 Å². The lowest BCUT2D eigenvalue weighted by Crippen LogP contribution is -2.15. The van der Waals surface area contributed by atoms with Gasteiger partial charge in [0.15, 0.2) is 16.1 Å². The lowest BCUT2D eigenvalue weighted by molar-refractivity contribution is -0.142. The number of benzene rings is 2. The minimum Gasteiger partial charge on any atom is -0.485 e. The van der Waals surface area contributed by atoms with Crippen LogP contribution in [0.1, 0.15) is 24.2 Å². The van der Waals surface area contributed by atoms with Crippen molar-refractivity contribution in [3.05, 3.63) is 83.5 Å². The summed E-state index contributed by atoms with van der Waals surface area (Å²) in [5, 5.41) is 16.2. The molecule has 0 saturated heterocycles. The Hall–Kier alpha value is -4.16. The Kier molecular flexibility index (Phi) is 8.54. The van der Waals surface area contributed by atoms with Crippen LogP contribution < -0.4 is 10.1 Å². The second-order valence-corrected chi connectivity index (χ2v) is 10.1. The molecule has 0 atom stereocenters. The fraction of sp³-hybridized carbons (Fsp3) is 0.222. The number of fused-ring (bicyclic) bond motifs is 1. The molecule has 3 heterocycles. The predicted octanol–water partition coefficient (Wildman–Crippen LogP) is 4.94. The van der Waals surface area contributed by atoms with Crippen LogP contribution in [0.15, 0.2) is 75.8 Å². The maximum Gasteiger partial charge on any atom is 0.311 e. The molecule has 200 valence electrons. The van der Waals surface area contributed by atoms with E-state index in [0.717, 1.165) is 22.3 Å². The van der Waals surface area contributed by atoms with E-state index in [2.05, 4.69) is 20.5 Å². The summed E-state index contributed by atoms with van der Waals surface area (Å²) in [7, 11) is 0. The highest BCUT2D eigenvalue weighted by Gasteiger charge is 2.18. The van der Waals surface area contributed by atoms with E-state index < -0.39 is 0 Å². The number of thiazole rings is 1. The van der Waals surface area contributed by atoms with E-state index in [9.17, 15) is 9.59 Å². The molecule has 0 fully saturated rings. The van der Waals surface area contributed by atoms with Crippen molar-refractivity contribution >= 4 is 50.9 Å². The lowest BCUT2D eigenvalue weighted by atomic mass is 10.1. The molecular weight excluding hydrogens is 538 g/mol. The molecule has 0 aliphatic carbocycles. The third kappa shape index (κ3) is 6.84. The number of carbonyl (C=O) groups excluding carboxylic acids is 2. The topological polar surface area (TPSA) is 121 Å². The minimum absolute atomic E-state index is 0.0640. The van der Waals surface area contributed by atoms with E-state index in [-0.39, 0.29) is 30.7 Å². The van der Waals surface area contributed by atoms with Gasteiger partial charge >= 0.3 is 5.97 Å². The standard InChI is InChI=1S/C27H25N5O5S2/c1-2-35-25(34)13-19-16-38-26(28-19)29-24(33)17-39-27-31-30-23(32(27)14-20-9-6-12-36-20)15-37-22-11-5-8-18-7-3-4-10-21(18)22/h3-12,16H,2,13-15,17H2,1H3,(H,28,29,33). The first-order valence-corrected chi connectivity index (χ1v) is 14.0. The molecule has 0 bridgehead atoms. The number of anilines is 1. The van der Waals surface area contributed by atoms with Crippen LogP contribution in [0, 0.1) is 0 Å². The summed E-state index contributed by atoms with van der Waals surface area (Å²) in [6, 6.07) is 17.6. The molecule has 0 saturated carbocycles. The fourth-order valence-electron chi connectivity index (χ4n) is 3.80. The highest BCUT2D eigenvalue weighted by Crippen LogP contribution is 2.27. The zero-order valence-electron chi connectivity index (χ0n) is 21.0. The van der Waals surface area contributed by atoms with Gasteiger partial charge in [-0.05, 0) is 30.5 Å². The Balaban J connectivity index is 1.24. The number of nitrogens with one attached hydrogen (secondary N) is 1. The van der Waals surface area contributed by atoms with Crippen LogP contribution in [0.4, 0.5) is 5.13 Å². The maximum absolute atomic E-state index is 12.6. The smallest absolute Gasteiger partial charge is 0.311 e. The van der Waals surface area contributed by atoms with Gasteiger partial charge in [0, 0.05) is 10.8 Å². The van der Waals surface area contributed by atoms with Gasteiger partial charge in [0.1, 0.15) is 18.1 Å². The lowest BCUT2D eigenvalue weighted by Gasteiger charge is -2.11. The summed E-state index contributed by atoms with van der Waals surface area (Å²) >= 11 is 2.50. The first kappa shape index (κ1) is 26.4. The monoisotopic (exact) mass is 563 g/mol. The third-order valence-corrected chi connectivity index (χ3v) is 7.33. The van der Waals surface area contributed by atoms with E-state index >= 15 is 0 Å². The van der Waals surface area contributed by atoms with Gasteiger partial charge in [-0.1, -0.05) is 48.2 Å². The summed E-state index contributed by atoms with van der Waals surface area (Å²) in [6.07, 6.45) is 1.67. The molecule has 0 unspecified atom stereocenters. The SMILES string of the molecule is CCOC(=O)Cc1csc(NC(=O)CSc2nnc(COc3cccc4ccccc34)n2Cc2ccco2)n1. The number of nitrogens with zero attached hydrogens (tertiary/aromatic N) is 4. The highest BCUT2D eigenvalue weighted by atomic mass is 32.2. The van der Waals surface area contributed by atoms with Crippen molar-refractivity contribution in [2.24, 2.45) is 0 Å². The molecule has 10 nitrogen and oxygen atoms in total. The maximum atomic E-state index is 12.6. The highest BCUT2D eigenvalue weighted by molar-refractivity contribution is 7.99. The summed E-state index contributed by atoms with van der Waals surface area (Å²) < 4.78 is 18.5. The Morgan fingerprint density at radius 3 is 2.82 bits per heavy atom. The average Bonchev–Trinajstić information content (AvgIpc) is 3.69. The fourth-order valence-corrected chi connectivity index (χ4v) is 5.29. The Morgan fingerprint density at radius 2 is 1.97 bits per heavy atom. The molecule has 2 aromatic carbocycles. The molecule has 0 aliphatic heterocycles. The first-order valence-electron chi connectivity index (χ1n) is 12.2. The van der Waals surface area contributed by atoms with Crippen molar-refractivity contribution in [2.75, 3.05) is 17.7 Å². The van der Waals surface area contributed by atoms with Crippen LogP contribution in [-0.2, 0) is 33.9 Å². The molecule has 1 amide bonds. The quantitative estimate of drug-likeness (QED) is 0.166. The first-order chi connectivity index (χ1) is 19.1. The summed E-state index contributed by atoms with van der Waals surface area (Å²) in [4.78, 5) is 28.6. The van der Waals surface area contributed by atoms with Crippen LogP contribution in [0.25, 0.3) is 10.8 Å². The molecular formula is C27H25N5O5S2. The summed E-state index contributed by atoms with van der Waals surface area (Å²) in [6.45, 7) is 2.64. The van der Waals surface area contributed by atoms with E-state index in [4.69, 9.17) is 13.9 Å². The van der Waals surface area contributed by atoms with Gasteiger partial charge in [-0.15, -0.1) is 21.5 Å². The van der Waals surface area contributed by atoms with Crippen LogP contribution >= 0.6 is 23.1 Å². The van der Waals surface area contributed by atoms with E-state index in [1.54, 1.807) is 18.6 Å². The van der Waals surface area contributed by atoms with Gasteiger partial charge in [-0.3, -0.25) is 14.2 Å². The Bertz CT molecular complexity index is 1560. The number of ether oxygens (including phenoxy) is 2. The van der Waals surface area contributed by atoms with Gasteiger partial charge < -0.3 is 19.2 Å². The summed E-state index contributed by atoms with van der Waals surface area (Å²) in [5.41, 5.74) is 0.551. The van der Waals surface area contributed by atoms with E-state index in [1.165, 1.54) is 23.1 Å². The number of rotatable bonds is 12. The van der Waals surface area contributed by atoms with Crippen molar-refractivity contribution in [3.8, 4) is 5.75 Å². The van der Waals surface area contributed by atoms with Gasteiger partial charge in [0.2, 0.25) is 5.91 Å². The molecule has 3 aromatic heterocycles. The normalized spacial score (nSPS) is 11.0. The second kappa shape index (κ2) is 12.6. The zero-order chi connectivity index (χ0) is 27.0. The average molecular weight is 564 g/mol. The number of aromatic nitrogens is 4. The molecule has 5 rings (SSSR count).